The van der Waals surface area contributed by atoms with E-state index in [2.05, 4.69) is 38.9 Å². The predicted octanol–water partition coefficient (Wildman–Crippen LogP) is 3.52. The molecule has 1 aromatic rings. The van der Waals surface area contributed by atoms with Gasteiger partial charge in [-0.1, -0.05) is 11.6 Å². The third-order valence-corrected chi connectivity index (χ3v) is 3.94. The van der Waals surface area contributed by atoms with Crippen molar-refractivity contribution in [3.05, 3.63) is 21.3 Å². The fraction of sp³-hybridized carbons (Fsp3) is 0.667. The molecule has 1 atom stereocenters. The summed E-state index contributed by atoms with van der Waals surface area (Å²) < 4.78 is 0.855. The summed E-state index contributed by atoms with van der Waals surface area (Å²) in [5.74, 6) is 0. The molecule has 0 saturated carbocycles. The Morgan fingerprint density at radius 1 is 1.44 bits per heavy atom. The molecule has 4 heteroatoms. The number of hydrogen-bond donors (Lipinski definition) is 1. The molecular formula is C12H21ClN2S. The Labute approximate surface area is 107 Å². The van der Waals surface area contributed by atoms with Crippen LogP contribution in [0.5, 0.6) is 0 Å². The Morgan fingerprint density at radius 2 is 2.06 bits per heavy atom. The maximum absolute atomic E-state index is 6.03. The first kappa shape index (κ1) is 14.0. The first-order chi connectivity index (χ1) is 7.29. The number of halogens is 1. The van der Waals surface area contributed by atoms with Gasteiger partial charge in [0.1, 0.15) is 0 Å². The molecule has 0 spiro atoms. The van der Waals surface area contributed by atoms with Gasteiger partial charge in [-0.05, 0) is 52.9 Å². The number of nitrogens with zero attached hydrogens (tertiary/aromatic N) is 1. The molecule has 2 nitrogen and oxygen atoms in total. The van der Waals surface area contributed by atoms with Gasteiger partial charge in [0.2, 0.25) is 0 Å². The summed E-state index contributed by atoms with van der Waals surface area (Å²) in [5, 5.41) is 0. The van der Waals surface area contributed by atoms with Crippen LogP contribution in [0.4, 0.5) is 0 Å². The molecule has 0 saturated heterocycles. The lowest BCUT2D eigenvalue weighted by atomic mass is 9.96. The first-order valence-electron chi connectivity index (χ1n) is 5.50. The van der Waals surface area contributed by atoms with Gasteiger partial charge in [-0.15, -0.1) is 11.3 Å². The van der Waals surface area contributed by atoms with Crippen molar-refractivity contribution in [3.63, 3.8) is 0 Å². The molecule has 1 rings (SSSR count). The van der Waals surface area contributed by atoms with E-state index in [1.165, 1.54) is 4.88 Å². The lowest BCUT2D eigenvalue weighted by Gasteiger charge is -2.27. The second kappa shape index (κ2) is 5.50. The summed E-state index contributed by atoms with van der Waals surface area (Å²) in [6.07, 6.45) is 2.07. The van der Waals surface area contributed by atoms with Crippen molar-refractivity contribution < 1.29 is 0 Å². The monoisotopic (exact) mass is 260 g/mol. The van der Waals surface area contributed by atoms with Gasteiger partial charge in [-0.3, -0.25) is 0 Å². The molecule has 0 amide bonds. The van der Waals surface area contributed by atoms with Gasteiger partial charge in [0.15, 0.2) is 0 Å². The quantitative estimate of drug-likeness (QED) is 0.878. The minimum atomic E-state index is -0.102. The lowest BCUT2D eigenvalue weighted by Crippen LogP contribution is -2.33. The highest BCUT2D eigenvalue weighted by Crippen LogP contribution is 2.33. The Balaban J connectivity index is 2.69. The molecule has 0 radical (unpaired) electrons. The van der Waals surface area contributed by atoms with Crippen LogP contribution >= 0.6 is 22.9 Å². The van der Waals surface area contributed by atoms with Crippen LogP contribution in [0.2, 0.25) is 4.34 Å². The fourth-order valence-electron chi connectivity index (χ4n) is 1.67. The van der Waals surface area contributed by atoms with Crippen LogP contribution in [0.15, 0.2) is 12.1 Å². The zero-order chi connectivity index (χ0) is 12.3. The van der Waals surface area contributed by atoms with Crippen LogP contribution in [0, 0.1) is 0 Å². The third-order valence-electron chi connectivity index (χ3n) is 2.61. The van der Waals surface area contributed by atoms with Gasteiger partial charge in [0.05, 0.1) is 4.34 Å². The van der Waals surface area contributed by atoms with Crippen molar-refractivity contribution in [1.82, 2.24) is 4.90 Å². The second-order valence-corrected chi connectivity index (χ2v) is 6.90. The van der Waals surface area contributed by atoms with Crippen LogP contribution < -0.4 is 5.73 Å². The van der Waals surface area contributed by atoms with E-state index in [1.54, 1.807) is 11.3 Å². The molecule has 0 aliphatic heterocycles. The standard InChI is InChI=1S/C12H21ClN2S/c1-12(2,14)8-7-9(15(3)4)10-5-6-11(13)16-10/h5-6,9H,7-8,14H2,1-4H3. The Kier molecular flexibility index (Phi) is 4.80. The summed E-state index contributed by atoms with van der Waals surface area (Å²) in [5.41, 5.74) is 5.92. The van der Waals surface area contributed by atoms with Crippen LogP contribution in [-0.2, 0) is 0 Å². The molecule has 16 heavy (non-hydrogen) atoms. The topological polar surface area (TPSA) is 29.3 Å². The van der Waals surface area contributed by atoms with E-state index in [0.717, 1.165) is 17.2 Å². The van der Waals surface area contributed by atoms with E-state index in [9.17, 15) is 0 Å². The van der Waals surface area contributed by atoms with E-state index >= 15 is 0 Å². The van der Waals surface area contributed by atoms with Crippen molar-refractivity contribution >= 4 is 22.9 Å². The molecule has 0 aliphatic rings. The largest absolute Gasteiger partial charge is 0.326 e. The maximum atomic E-state index is 6.03. The minimum Gasteiger partial charge on any atom is -0.326 e. The van der Waals surface area contributed by atoms with Gasteiger partial charge in [-0.25, -0.2) is 0 Å². The maximum Gasteiger partial charge on any atom is 0.0931 e. The Bertz CT molecular complexity index is 328. The highest BCUT2D eigenvalue weighted by Gasteiger charge is 2.20. The highest BCUT2D eigenvalue weighted by atomic mass is 35.5. The zero-order valence-corrected chi connectivity index (χ0v) is 12.0. The fourth-order valence-corrected chi connectivity index (χ4v) is 2.96. The average molecular weight is 261 g/mol. The Hall–Kier alpha value is -0.0900. The van der Waals surface area contributed by atoms with Crippen LogP contribution in [-0.4, -0.2) is 24.5 Å². The molecule has 2 N–H and O–H groups in total. The minimum absolute atomic E-state index is 0.102. The Morgan fingerprint density at radius 3 is 2.44 bits per heavy atom. The van der Waals surface area contributed by atoms with Gasteiger partial charge >= 0.3 is 0 Å². The smallest absolute Gasteiger partial charge is 0.0931 e. The summed E-state index contributed by atoms with van der Waals surface area (Å²) in [7, 11) is 4.20. The molecule has 0 fully saturated rings. The highest BCUT2D eigenvalue weighted by molar-refractivity contribution is 7.16. The molecule has 1 aromatic heterocycles. The van der Waals surface area contributed by atoms with Crippen molar-refractivity contribution in [2.75, 3.05) is 14.1 Å². The summed E-state index contributed by atoms with van der Waals surface area (Å²) in [6.45, 7) is 4.14. The first-order valence-corrected chi connectivity index (χ1v) is 6.69. The molecule has 1 unspecified atom stereocenters. The van der Waals surface area contributed by atoms with E-state index in [-0.39, 0.29) is 5.54 Å². The van der Waals surface area contributed by atoms with Crippen LogP contribution in [0.3, 0.4) is 0 Å². The zero-order valence-electron chi connectivity index (χ0n) is 10.5. The van der Waals surface area contributed by atoms with Gasteiger partial charge in [0.25, 0.3) is 0 Å². The summed E-state index contributed by atoms with van der Waals surface area (Å²) in [4.78, 5) is 3.55. The van der Waals surface area contributed by atoms with Crippen molar-refractivity contribution in [1.29, 1.82) is 0 Å². The molecule has 0 bridgehead atoms. The summed E-state index contributed by atoms with van der Waals surface area (Å²) >= 11 is 7.63. The molecule has 0 aliphatic carbocycles. The average Bonchev–Trinajstić information content (AvgIpc) is 2.49. The van der Waals surface area contributed by atoms with Crippen molar-refractivity contribution in [2.45, 2.75) is 38.3 Å². The number of hydrogen-bond acceptors (Lipinski definition) is 3. The lowest BCUT2D eigenvalue weighted by molar-refractivity contribution is 0.265. The van der Waals surface area contributed by atoms with Crippen LogP contribution in [0.25, 0.3) is 0 Å². The van der Waals surface area contributed by atoms with E-state index in [0.29, 0.717) is 6.04 Å². The summed E-state index contributed by atoms with van der Waals surface area (Å²) in [6, 6.07) is 4.49. The van der Waals surface area contributed by atoms with Crippen molar-refractivity contribution in [3.8, 4) is 0 Å². The normalized spacial score (nSPS) is 14.4. The van der Waals surface area contributed by atoms with Crippen LogP contribution in [0.1, 0.15) is 37.6 Å². The molecular weight excluding hydrogens is 240 g/mol. The predicted molar refractivity (Wildman–Crippen MR) is 73.3 cm³/mol. The van der Waals surface area contributed by atoms with E-state index in [1.807, 2.05) is 6.07 Å². The van der Waals surface area contributed by atoms with Gasteiger partial charge in [0, 0.05) is 16.5 Å². The van der Waals surface area contributed by atoms with E-state index in [4.69, 9.17) is 17.3 Å². The van der Waals surface area contributed by atoms with E-state index < -0.39 is 0 Å². The van der Waals surface area contributed by atoms with Gasteiger partial charge in [-0.2, -0.15) is 0 Å². The second-order valence-electron chi connectivity index (χ2n) is 5.15. The van der Waals surface area contributed by atoms with Crippen molar-refractivity contribution in [2.24, 2.45) is 5.73 Å². The number of thiophene rings is 1. The van der Waals surface area contributed by atoms with Gasteiger partial charge < -0.3 is 10.6 Å². The number of nitrogens with two attached hydrogens (primary N) is 1. The third kappa shape index (κ3) is 4.42. The molecule has 0 aromatic carbocycles. The molecule has 92 valence electrons. The SMILES string of the molecule is CN(C)C(CCC(C)(C)N)c1ccc(Cl)s1. The molecule has 1 heterocycles. The number of rotatable bonds is 5.